The van der Waals surface area contributed by atoms with Crippen LogP contribution in [-0.2, 0) is 16.1 Å². The molecule has 1 aliphatic carbocycles. The number of thiophene rings is 1. The summed E-state index contributed by atoms with van der Waals surface area (Å²) >= 11 is 1.77. The Labute approximate surface area is 202 Å². The van der Waals surface area contributed by atoms with Crippen molar-refractivity contribution in [2.45, 2.75) is 76.5 Å². The second-order valence-electron chi connectivity index (χ2n) is 9.41. The number of carboxylic acid groups (broad SMARTS) is 1. The van der Waals surface area contributed by atoms with Crippen molar-refractivity contribution < 1.29 is 14.6 Å². The van der Waals surface area contributed by atoms with Gasteiger partial charge < -0.3 is 14.7 Å². The molecule has 2 fully saturated rings. The molecule has 2 aliphatic rings. The summed E-state index contributed by atoms with van der Waals surface area (Å²) in [6, 6.07) is 13.7. The van der Waals surface area contributed by atoms with Crippen LogP contribution in [-0.4, -0.2) is 41.2 Å². The summed E-state index contributed by atoms with van der Waals surface area (Å²) in [6.45, 7) is 3.13. The number of ether oxygens (including phenoxy) is 1. The first-order valence-corrected chi connectivity index (χ1v) is 13.4. The third-order valence-electron chi connectivity index (χ3n) is 7.16. The molecular formula is C28H37NO3S. The second-order valence-corrected chi connectivity index (χ2v) is 10.4. The van der Waals surface area contributed by atoms with Crippen LogP contribution in [0.1, 0.15) is 63.4 Å². The highest BCUT2D eigenvalue weighted by atomic mass is 32.1. The number of piperidine rings is 1. The van der Waals surface area contributed by atoms with Gasteiger partial charge >= 0.3 is 5.97 Å². The lowest BCUT2D eigenvalue weighted by Gasteiger charge is -2.37. The highest BCUT2D eigenvalue weighted by Gasteiger charge is 2.39. The molecule has 4 nitrogen and oxygen atoms in total. The Bertz CT molecular complexity index is 871. The normalized spacial score (nSPS) is 23.9. The summed E-state index contributed by atoms with van der Waals surface area (Å²) in [6.07, 6.45) is 13.8. The molecule has 1 saturated heterocycles. The zero-order valence-electron chi connectivity index (χ0n) is 19.5. The van der Waals surface area contributed by atoms with E-state index in [4.69, 9.17) is 9.84 Å². The van der Waals surface area contributed by atoms with E-state index in [0.717, 1.165) is 19.3 Å². The number of hydrogen-bond donors (Lipinski definition) is 1. The number of aliphatic carboxylic acids is 1. The maximum atomic E-state index is 10.7. The third kappa shape index (κ3) is 7.02. The van der Waals surface area contributed by atoms with Crippen LogP contribution in [0.5, 0.6) is 0 Å². The fraction of sp³-hybridized carbons (Fsp3) is 0.536. The summed E-state index contributed by atoms with van der Waals surface area (Å²) in [5.41, 5.74) is 2.51. The van der Waals surface area contributed by atoms with Gasteiger partial charge in [0, 0.05) is 23.3 Å². The Balaban J connectivity index is 1.33. The Morgan fingerprint density at radius 1 is 1.06 bits per heavy atom. The van der Waals surface area contributed by atoms with Crippen LogP contribution in [0.25, 0.3) is 10.4 Å². The van der Waals surface area contributed by atoms with Crippen molar-refractivity contribution in [3.8, 4) is 10.4 Å². The molecule has 0 unspecified atom stereocenters. The van der Waals surface area contributed by atoms with E-state index in [2.05, 4.69) is 52.8 Å². The van der Waals surface area contributed by atoms with Crippen LogP contribution in [0.4, 0.5) is 0 Å². The lowest BCUT2D eigenvalue weighted by atomic mass is 9.93. The van der Waals surface area contributed by atoms with Gasteiger partial charge in [-0.05, 0) is 80.6 Å². The molecule has 1 aromatic heterocycles. The molecule has 0 spiro atoms. The lowest BCUT2D eigenvalue weighted by Crippen LogP contribution is -2.43. The summed E-state index contributed by atoms with van der Waals surface area (Å²) in [4.78, 5) is 14.7. The second kappa shape index (κ2) is 12.5. The number of allylic oxidation sites excluding steroid dienone is 2. The van der Waals surface area contributed by atoms with Crippen LogP contribution in [0.2, 0.25) is 0 Å². The molecule has 2 aromatic rings. The Morgan fingerprint density at radius 2 is 1.85 bits per heavy atom. The van der Waals surface area contributed by atoms with Crippen LogP contribution >= 0.6 is 11.3 Å². The molecule has 0 amide bonds. The van der Waals surface area contributed by atoms with Crippen LogP contribution in [0.3, 0.4) is 0 Å². The van der Waals surface area contributed by atoms with E-state index in [1.807, 2.05) is 6.08 Å². The van der Waals surface area contributed by atoms with Gasteiger partial charge in [0.25, 0.3) is 0 Å². The zero-order chi connectivity index (χ0) is 22.9. The lowest BCUT2D eigenvalue weighted by molar-refractivity contribution is -0.136. The van der Waals surface area contributed by atoms with Gasteiger partial charge in [-0.25, -0.2) is 0 Å². The molecule has 4 rings (SSSR count). The minimum Gasteiger partial charge on any atom is -0.481 e. The number of benzene rings is 1. The van der Waals surface area contributed by atoms with Gasteiger partial charge in [-0.2, -0.15) is 0 Å². The van der Waals surface area contributed by atoms with E-state index < -0.39 is 5.97 Å². The fourth-order valence-electron chi connectivity index (χ4n) is 5.44. The van der Waals surface area contributed by atoms with E-state index >= 15 is 0 Å². The molecule has 2 heterocycles. The number of likely N-dealkylation sites (tertiary alicyclic amines) is 1. The molecule has 178 valence electrons. The fourth-order valence-corrected chi connectivity index (χ4v) is 6.18. The highest BCUT2D eigenvalue weighted by Crippen LogP contribution is 2.37. The molecule has 33 heavy (non-hydrogen) atoms. The standard InChI is InChI=1S/C28H37NO3S/c30-28(31)11-5-2-1-4-9-24-25(29-18-6-3-7-19-29)16-17-26(24)32-21-22-12-14-23(15-13-22)27-10-8-20-33-27/h1-2,8,10,12-15,20,24-26H,3-7,9,11,16-19,21H2,(H,30,31)/t24-,25+,26+/m1/s1. The van der Waals surface area contributed by atoms with E-state index in [1.54, 1.807) is 11.3 Å². The largest absolute Gasteiger partial charge is 0.481 e. The first-order valence-electron chi connectivity index (χ1n) is 12.6. The van der Waals surface area contributed by atoms with Crippen molar-refractivity contribution in [2.75, 3.05) is 13.1 Å². The van der Waals surface area contributed by atoms with E-state index in [0.29, 0.717) is 31.1 Å². The van der Waals surface area contributed by atoms with Crippen molar-refractivity contribution >= 4 is 17.3 Å². The smallest absolute Gasteiger partial charge is 0.303 e. The first-order chi connectivity index (χ1) is 16.2. The Morgan fingerprint density at radius 3 is 2.58 bits per heavy atom. The Kier molecular flexibility index (Phi) is 9.16. The maximum absolute atomic E-state index is 10.7. The maximum Gasteiger partial charge on any atom is 0.303 e. The summed E-state index contributed by atoms with van der Waals surface area (Å²) in [5.74, 6) is -0.171. The predicted molar refractivity (Wildman–Crippen MR) is 136 cm³/mol. The minimum atomic E-state index is -0.725. The van der Waals surface area contributed by atoms with E-state index in [-0.39, 0.29) is 6.42 Å². The van der Waals surface area contributed by atoms with Gasteiger partial charge in [-0.3, -0.25) is 4.79 Å². The number of hydrogen-bond acceptors (Lipinski definition) is 4. The number of carboxylic acids is 1. The number of rotatable bonds is 11. The summed E-state index contributed by atoms with van der Waals surface area (Å²) in [7, 11) is 0. The summed E-state index contributed by atoms with van der Waals surface area (Å²) in [5, 5.41) is 10.9. The molecule has 0 bridgehead atoms. The number of carbonyl (C=O) groups is 1. The van der Waals surface area contributed by atoms with Crippen LogP contribution in [0.15, 0.2) is 53.9 Å². The van der Waals surface area contributed by atoms with Gasteiger partial charge in [0.2, 0.25) is 0 Å². The molecule has 1 aromatic carbocycles. The Hall–Kier alpha value is -1.95. The predicted octanol–water partition coefficient (Wildman–Crippen LogP) is 6.77. The third-order valence-corrected chi connectivity index (χ3v) is 8.08. The number of nitrogens with zero attached hydrogens (tertiary/aromatic N) is 1. The first kappa shape index (κ1) is 24.2. The molecule has 0 radical (unpaired) electrons. The molecule has 1 N–H and O–H groups in total. The average molecular weight is 468 g/mol. The van der Waals surface area contributed by atoms with Gasteiger partial charge in [0.15, 0.2) is 0 Å². The quantitative estimate of drug-likeness (QED) is 0.371. The summed E-state index contributed by atoms with van der Waals surface area (Å²) < 4.78 is 6.54. The van der Waals surface area contributed by atoms with E-state index in [1.165, 1.54) is 54.8 Å². The van der Waals surface area contributed by atoms with Crippen molar-refractivity contribution in [3.63, 3.8) is 0 Å². The van der Waals surface area contributed by atoms with Crippen molar-refractivity contribution in [2.24, 2.45) is 5.92 Å². The zero-order valence-corrected chi connectivity index (χ0v) is 20.3. The van der Waals surface area contributed by atoms with E-state index in [9.17, 15) is 4.79 Å². The van der Waals surface area contributed by atoms with Crippen molar-refractivity contribution in [1.82, 2.24) is 4.90 Å². The molecular weight excluding hydrogens is 430 g/mol. The van der Waals surface area contributed by atoms with Gasteiger partial charge in [-0.1, -0.05) is 48.9 Å². The SMILES string of the molecule is O=C(O)CCC=CCC[C@H]1[C@@H](OCc2ccc(-c3cccs3)cc2)CC[C@@H]1N1CCCCC1. The highest BCUT2D eigenvalue weighted by molar-refractivity contribution is 7.13. The molecule has 3 atom stereocenters. The molecule has 1 aliphatic heterocycles. The molecule has 1 saturated carbocycles. The molecule has 5 heteroatoms. The van der Waals surface area contributed by atoms with Crippen LogP contribution < -0.4 is 0 Å². The topological polar surface area (TPSA) is 49.8 Å². The van der Waals surface area contributed by atoms with Gasteiger partial charge in [-0.15, -0.1) is 11.3 Å². The van der Waals surface area contributed by atoms with Gasteiger partial charge in [0.1, 0.15) is 0 Å². The van der Waals surface area contributed by atoms with Crippen molar-refractivity contribution in [1.29, 1.82) is 0 Å². The van der Waals surface area contributed by atoms with Crippen molar-refractivity contribution in [3.05, 3.63) is 59.5 Å². The average Bonchev–Trinajstić information content (AvgIpc) is 3.51. The minimum absolute atomic E-state index is 0.216. The van der Waals surface area contributed by atoms with Crippen LogP contribution in [0, 0.1) is 5.92 Å². The monoisotopic (exact) mass is 467 g/mol. The van der Waals surface area contributed by atoms with Gasteiger partial charge in [0.05, 0.1) is 12.7 Å².